The van der Waals surface area contributed by atoms with Crippen LogP contribution >= 0.6 is 11.8 Å². The van der Waals surface area contributed by atoms with Gasteiger partial charge < -0.3 is 10.1 Å². The molecule has 0 aliphatic carbocycles. The number of hydrogen-bond acceptors (Lipinski definition) is 5. The summed E-state index contributed by atoms with van der Waals surface area (Å²) in [5.74, 6) is 1.64. The van der Waals surface area contributed by atoms with Crippen LogP contribution in [0.25, 0.3) is 17.1 Å². The molecule has 1 amide bonds. The van der Waals surface area contributed by atoms with Crippen LogP contribution in [0.1, 0.15) is 23.6 Å². The molecule has 0 saturated heterocycles. The maximum Gasteiger partial charge on any atom is 0.234 e. The highest BCUT2D eigenvalue weighted by Gasteiger charge is 2.18. The molecule has 0 aliphatic heterocycles. The second-order valence-electron chi connectivity index (χ2n) is 8.01. The third kappa shape index (κ3) is 5.15. The molecule has 0 fully saturated rings. The number of nitrogens with zero attached hydrogens (tertiary/aromatic N) is 3. The first-order valence-electron chi connectivity index (χ1n) is 11.2. The number of nitrogens with one attached hydrogen (secondary N) is 1. The Hall–Kier alpha value is -3.58. The number of thioether (sulfide) groups is 1. The Morgan fingerprint density at radius 2 is 1.74 bits per heavy atom. The molecule has 34 heavy (non-hydrogen) atoms. The average molecular weight is 473 g/mol. The van der Waals surface area contributed by atoms with Crippen molar-refractivity contribution in [2.45, 2.75) is 32.3 Å². The van der Waals surface area contributed by atoms with Crippen molar-refractivity contribution < 1.29 is 9.53 Å². The minimum absolute atomic E-state index is 0.0709. The molecule has 0 spiro atoms. The number of methoxy groups -OCH3 is 1. The van der Waals surface area contributed by atoms with Crippen LogP contribution in [0.4, 0.5) is 5.69 Å². The van der Waals surface area contributed by atoms with Crippen LogP contribution in [0.2, 0.25) is 0 Å². The summed E-state index contributed by atoms with van der Waals surface area (Å²) in [6, 6.07) is 22.0. The Morgan fingerprint density at radius 1 is 1.00 bits per heavy atom. The molecule has 4 aromatic rings. The molecule has 0 unspecified atom stereocenters. The summed E-state index contributed by atoms with van der Waals surface area (Å²) >= 11 is 1.37. The van der Waals surface area contributed by atoms with E-state index in [2.05, 4.69) is 41.5 Å². The van der Waals surface area contributed by atoms with Crippen molar-refractivity contribution in [2.75, 3.05) is 18.2 Å². The summed E-state index contributed by atoms with van der Waals surface area (Å²) in [5, 5.41) is 12.6. The zero-order valence-corrected chi connectivity index (χ0v) is 20.6. The van der Waals surface area contributed by atoms with Gasteiger partial charge in [-0.25, -0.2) is 0 Å². The molecule has 7 heteroatoms. The highest BCUT2D eigenvalue weighted by atomic mass is 32.2. The van der Waals surface area contributed by atoms with Gasteiger partial charge in [-0.3, -0.25) is 9.36 Å². The van der Waals surface area contributed by atoms with Crippen molar-refractivity contribution in [3.8, 4) is 22.8 Å². The monoisotopic (exact) mass is 472 g/mol. The third-order valence-corrected chi connectivity index (χ3v) is 6.54. The lowest BCUT2D eigenvalue weighted by atomic mass is 10.1. The lowest BCUT2D eigenvalue weighted by Gasteiger charge is -2.13. The van der Waals surface area contributed by atoms with Crippen molar-refractivity contribution in [1.82, 2.24) is 14.8 Å². The fraction of sp³-hybridized carbons (Fsp3) is 0.222. The average Bonchev–Trinajstić information content (AvgIpc) is 3.28. The van der Waals surface area contributed by atoms with Gasteiger partial charge in [0.05, 0.1) is 12.9 Å². The second-order valence-corrected chi connectivity index (χ2v) is 8.95. The Balaban J connectivity index is 1.61. The Bertz CT molecular complexity index is 1280. The molecular formula is C27H28N4O2S. The van der Waals surface area contributed by atoms with Crippen molar-refractivity contribution in [1.29, 1.82) is 0 Å². The van der Waals surface area contributed by atoms with Gasteiger partial charge in [0.25, 0.3) is 0 Å². The first kappa shape index (κ1) is 23.6. The van der Waals surface area contributed by atoms with Gasteiger partial charge in [-0.05, 0) is 67.8 Å². The minimum atomic E-state index is -0.0709. The van der Waals surface area contributed by atoms with Crippen LogP contribution in [-0.2, 0) is 11.2 Å². The highest BCUT2D eigenvalue weighted by molar-refractivity contribution is 7.99. The first-order valence-corrected chi connectivity index (χ1v) is 12.2. The molecule has 4 rings (SSSR count). The van der Waals surface area contributed by atoms with E-state index in [0.29, 0.717) is 11.0 Å². The van der Waals surface area contributed by atoms with Gasteiger partial charge in [0.1, 0.15) is 5.75 Å². The van der Waals surface area contributed by atoms with Crippen LogP contribution in [0.3, 0.4) is 0 Å². The molecule has 6 nitrogen and oxygen atoms in total. The smallest absolute Gasteiger partial charge is 0.234 e. The molecule has 1 heterocycles. The topological polar surface area (TPSA) is 69.0 Å². The zero-order chi connectivity index (χ0) is 24.1. The van der Waals surface area contributed by atoms with Crippen LogP contribution < -0.4 is 10.1 Å². The van der Waals surface area contributed by atoms with Crippen molar-refractivity contribution in [3.05, 3.63) is 83.4 Å². The third-order valence-electron chi connectivity index (χ3n) is 5.61. The van der Waals surface area contributed by atoms with Crippen molar-refractivity contribution in [2.24, 2.45) is 0 Å². The first-order chi connectivity index (χ1) is 16.5. The van der Waals surface area contributed by atoms with E-state index in [9.17, 15) is 4.79 Å². The van der Waals surface area contributed by atoms with E-state index in [1.165, 1.54) is 17.3 Å². The summed E-state index contributed by atoms with van der Waals surface area (Å²) < 4.78 is 7.28. The Labute approximate surface area is 204 Å². The fourth-order valence-electron chi connectivity index (χ4n) is 3.72. The number of aromatic nitrogens is 3. The summed E-state index contributed by atoms with van der Waals surface area (Å²) in [5.41, 5.74) is 6.11. The molecule has 1 N–H and O–H groups in total. The summed E-state index contributed by atoms with van der Waals surface area (Å²) in [7, 11) is 1.64. The quantitative estimate of drug-likeness (QED) is 0.326. The molecular weight excluding hydrogens is 444 g/mol. The zero-order valence-electron chi connectivity index (χ0n) is 19.8. The molecule has 0 aliphatic rings. The maximum atomic E-state index is 12.8. The predicted octanol–water partition coefficient (Wildman–Crippen LogP) is 5.85. The van der Waals surface area contributed by atoms with Crippen LogP contribution in [-0.4, -0.2) is 33.5 Å². The van der Waals surface area contributed by atoms with Crippen molar-refractivity contribution >= 4 is 23.4 Å². The number of benzene rings is 3. The van der Waals surface area contributed by atoms with E-state index in [4.69, 9.17) is 4.74 Å². The number of ether oxygens (including phenoxy) is 1. The van der Waals surface area contributed by atoms with Crippen LogP contribution in [0, 0.1) is 13.8 Å². The summed E-state index contributed by atoms with van der Waals surface area (Å²) in [4.78, 5) is 12.8. The molecule has 0 saturated carbocycles. The van der Waals surface area contributed by atoms with E-state index >= 15 is 0 Å². The van der Waals surface area contributed by atoms with Gasteiger partial charge in [-0.15, -0.1) is 10.2 Å². The predicted molar refractivity (Wildman–Crippen MR) is 138 cm³/mol. The normalized spacial score (nSPS) is 10.8. The molecule has 0 radical (unpaired) electrons. The fourth-order valence-corrected chi connectivity index (χ4v) is 4.48. The maximum absolute atomic E-state index is 12.8. The Morgan fingerprint density at radius 3 is 2.41 bits per heavy atom. The van der Waals surface area contributed by atoms with Gasteiger partial charge in [0.2, 0.25) is 5.91 Å². The summed E-state index contributed by atoms with van der Waals surface area (Å²) in [6.45, 7) is 6.15. The second kappa shape index (κ2) is 10.6. The van der Waals surface area contributed by atoms with Gasteiger partial charge in [-0.1, -0.05) is 54.6 Å². The minimum Gasteiger partial charge on any atom is -0.497 e. The molecule has 0 bridgehead atoms. The van der Waals surface area contributed by atoms with Gasteiger partial charge >= 0.3 is 0 Å². The lowest BCUT2D eigenvalue weighted by Crippen LogP contribution is -2.16. The van der Waals surface area contributed by atoms with E-state index in [1.807, 2.05) is 66.1 Å². The van der Waals surface area contributed by atoms with Gasteiger partial charge in [0.15, 0.2) is 11.0 Å². The number of rotatable bonds is 8. The molecule has 0 atom stereocenters. The number of carbonyl (C=O) groups is 1. The van der Waals surface area contributed by atoms with Gasteiger partial charge in [0, 0.05) is 16.9 Å². The standard InChI is InChI=1S/C27H28N4O2S/c1-5-20-8-6-7-19(3)25(20)28-24(32)17-34-27-30-29-26(21-11-15-23(33-4)16-12-21)31(27)22-13-9-18(2)10-14-22/h6-16H,5,17H2,1-4H3,(H,28,32). The number of anilines is 1. The molecule has 174 valence electrons. The van der Waals surface area contributed by atoms with Gasteiger partial charge in [-0.2, -0.15) is 0 Å². The van der Waals surface area contributed by atoms with E-state index in [1.54, 1.807) is 7.11 Å². The molecule has 3 aromatic carbocycles. The van der Waals surface area contributed by atoms with E-state index in [0.717, 1.165) is 40.2 Å². The van der Waals surface area contributed by atoms with Crippen LogP contribution in [0.15, 0.2) is 71.9 Å². The SMILES string of the molecule is CCc1cccc(C)c1NC(=O)CSc1nnc(-c2ccc(OC)cc2)n1-c1ccc(C)cc1. The number of aryl methyl sites for hydroxylation is 3. The highest BCUT2D eigenvalue weighted by Crippen LogP contribution is 2.29. The molecule has 1 aromatic heterocycles. The number of hydrogen-bond donors (Lipinski definition) is 1. The lowest BCUT2D eigenvalue weighted by molar-refractivity contribution is -0.113. The van der Waals surface area contributed by atoms with E-state index < -0.39 is 0 Å². The largest absolute Gasteiger partial charge is 0.497 e. The Kier molecular flexibility index (Phi) is 7.33. The number of amides is 1. The van der Waals surface area contributed by atoms with Crippen LogP contribution in [0.5, 0.6) is 5.75 Å². The number of carbonyl (C=O) groups excluding carboxylic acids is 1. The summed E-state index contributed by atoms with van der Waals surface area (Å²) in [6.07, 6.45) is 0.859. The number of para-hydroxylation sites is 1. The van der Waals surface area contributed by atoms with Crippen molar-refractivity contribution in [3.63, 3.8) is 0 Å². The van der Waals surface area contributed by atoms with E-state index in [-0.39, 0.29) is 11.7 Å².